The maximum Gasteiger partial charge on any atom is 0.216 e. The van der Waals surface area contributed by atoms with Crippen LogP contribution in [-0.4, -0.2) is 15.5 Å². The summed E-state index contributed by atoms with van der Waals surface area (Å²) in [6.45, 7) is 2.38. The molecule has 3 aromatic carbocycles. The Balaban J connectivity index is 1.86. The van der Waals surface area contributed by atoms with E-state index < -0.39 is 9.84 Å². The van der Waals surface area contributed by atoms with E-state index in [1.165, 1.54) is 43.0 Å². The van der Waals surface area contributed by atoms with Crippen molar-refractivity contribution in [2.45, 2.75) is 18.4 Å². The molecule has 0 radical (unpaired) electrons. The minimum absolute atomic E-state index is 0.00489. The topological polar surface area (TPSA) is 76.4 Å². The standard InChI is InChI=1S/C24H20ClNO4S/c1-17-3-5-18(6-4-17)16-30-23-12-7-19(14-24(23)29-2)13-22(15-26)31(27,28)21-10-8-20(25)9-11-21/h3-14H,16H2,1-2H3/b22-13+. The molecule has 0 aliphatic heterocycles. The van der Waals surface area contributed by atoms with E-state index in [2.05, 4.69) is 0 Å². The number of allylic oxidation sites excluding steroid dienone is 1. The lowest BCUT2D eigenvalue weighted by Gasteiger charge is -2.12. The number of sulfone groups is 1. The zero-order valence-corrected chi connectivity index (χ0v) is 18.6. The first-order valence-electron chi connectivity index (χ1n) is 9.32. The molecule has 0 heterocycles. The second-order valence-corrected chi connectivity index (χ2v) is 9.12. The molecule has 0 saturated carbocycles. The summed E-state index contributed by atoms with van der Waals surface area (Å²) in [6.07, 6.45) is 1.30. The predicted molar refractivity (Wildman–Crippen MR) is 121 cm³/mol. The van der Waals surface area contributed by atoms with Gasteiger partial charge in [0.2, 0.25) is 9.84 Å². The Morgan fingerprint density at radius 1 is 1.03 bits per heavy atom. The molecule has 3 rings (SSSR count). The fourth-order valence-electron chi connectivity index (χ4n) is 2.80. The molecule has 7 heteroatoms. The lowest BCUT2D eigenvalue weighted by molar-refractivity contribution is 0.284. The van der Waals surface area contributed by atoms with Crippen LogP contribution in [0.4, 0.5) is 0 Å². The van der Waals surface area contributed by atoms with E-state index in [-0.39, 0.29) is 9.80 Å². The molecule has 31 heavy (non-hydrogen) atoms. The Kier molecular flexibility index (Phi) is 7.01. The quantitative estimate of drug-likeness (QED) is 0.437. The Labute approximate surface area is 187 Å². The number of nitrogens with zero attached hydrogens (tertiary/aromatic N) is 1. The van der Waals surface area contributed by atoms with Crippen molar-refractivity contribution in [1.82, 2.24) is 0 Å². The third-order valence-corrected chi connectivity index (χ3v) is 6.46. The molecule has 3 aromatic rings. The number of rotatable bonds is 7. The summed E-state index contributed by atoms with van der Waals surface area (Å²) < 4.78 is 36.8. The monoisotopic (exact) mass is 453 g/mol. The van der Waals surface area contributed by atoms with Gasteiger partial charge in [0.15, 0.2) is 11.5 Å². The SMILES string of the molecule is COc1cc(/C=C(\C#N)S(=O)(=O)c2ccc(Cl)cc2)ccc1OCc1ccc(C)cc1. The van der Waals surface area contributed by atoms with Crippen LogP contribution in [0.5, 0.6) is 11.5 Å². The van der Waals surface area contributed by atoms with Crippen LogP contribution < -0.4 is 9.47 Å². The predicted octanol–water partition coefficient (Wildman–Crippen LogP) is 5.57. The smallest absolute Gasteiger partial charge is 0.216 e. The summed E-state index contributed by atoms with van der Waals surface area (Å²) in [5, 5.41) is 9.88. The second kappa shape index (κ2) is 9.69. The minimum atomic E-state index is -3.98. The van der Waals surface area contributed by atoms with Crippen molar-refractivity contribution in [3.05, 3.63) is 93.3 Å². The van der Waals surface area contributed by atoms with E-state index in [1.54, 1.807) is 24.3 Å². The molecule has 0 aromatic heterocycles. The highest BCUT2D eigenvalue weighted by Crippen LogP contribution is 2.31. The maximum absolute atomic E-state index is 12.8. The van der Waals surface area contributed by atoms with Crippen molar-refractivity contribution in [2.24, 2.45) is 0 Å². The third kappa shape index (κ3) is 5.46. The van der Waals surface area contributed by atoms with Gasteiger partial charge in [-0.25, -0.2) is 8.42 Å². The molecule has 0 aliphatic rings. The molecular formula is C24H20ClNO4S. The van der Waals surface area contributed by atoms with E-state index in [0.717, 1.165) is 5.56 Å². The molecule has 0 N–H and O–H groups in total. The molecule has 0 atom stereocenters. The molecule has 0 fully saturated rings. The van der Waals surface area contributed by atoms with Gasteiger partial charge in [-0.15, -0.1) is 0 Å². The number of benzene rings is 3. The summed E-state index contributed by atoms with van der Waals surface area (Å²) >= 11 is 5.82. The zero-order chi connectivity index (χ0) is 22.4. The van der Waals surface area contributed by atoms with Gasteiger partial charge in [-0.2, -0.15) is 5.26 Å². The lowest BCUT2D eigenvalue weighted by Crippen LogP contribution is -2.03. The number of nitriles is 1. The maximum atomic E-state index is 12.8. The fourth-order valence-corrected chi connectivity index (χ4v) is 4.09. The van der Waals surface area contributed by atoms with Crippen LogP contribution >= 0.6 is 11.6 Å². The zero-order valence-electron chi connectivity index (χ0n) is 17.0. The summed E-state index contributed by atoms with van der Waals surface area (Å²) in [7, 11) is -2.48. The first-order chi connectivity index (χ1) is 14.8. The van der Waals surface area contributed by atoms with Gasteiger partial charge >= 0.3 is 0 Å². The van der Waals surface area contributed by atoms with Gasteiger partial charge in [0.1, 0.15) is 17.6 Å². The molecule has 0 amide bonds. The van der Waals surface area contributed by atoms with Gasteiger partial charge in [-0.1, -0.05) is 47.5 Å². The van der Waals surface area contributed by atoms with Crippen LogP contribution in [-0.2, 0) is 16.4 Å². The number of aryl methyl sites for hydroxylation is 1. The average Bonchev–Trinajstić information content (AvgIpc) is 2.77. The number of methoxy groups -OCH3 is 1. The fraction of sp³-hybridized carbons (Fsp3) is 0.125. The Morgan fingerprint density at radius 3 is 2.32 bits per heavy atom. The van der Waals surface area contributed by atoms with E-state index in [1.807, 2.05) is 31.2 Å². The highest BCUT2D eigenvalue weighted by molar-refractivity contribution is 7.95. The van der Waals surface area contributed by atoms with Crippen molar-refractivity contribution in [3.63, 3.8) is 0 Å². The van der Waals surface area contributed by atoms with Crippen LogP contribution in [0, 0.1) is 18.3 Å². The number of hydrogen-bond acceptors (Lipinski definition) is 5. The largest absolute Gasteiger partial charge is 0.493 e. The van der Waals surface area contributed by atoms with Gasteiger partial charge in [0.25, 0.3) is 0 Å². The molecule has 0 unspecified atom stereocenters. The first-order valence-corrected chi connectivity index (χ1v) is 11.2. The average molecular weight is 454 g/mol. The normalized spacial score (nSPS) is 11.6. The van der Waals surface area contributed by atoms with E-state index in [9.17, 15) is 13.7 Å². The third-order valence-electron chi connectivity index (χ3n) is 4.52. The number of halogens is 1. The Bertz CT molecular complexity index is 1240. The van der Waals surface area contributed by atoms with Gasteiger partial charge in [0.05, 0.1) is 12.0 Å². The second-order valence-electron chi connectivity index (χ2n) is 6.76. The van der Waals surface area contributed by atoms with Crippen molar-refractivity contribution < 1.29 is 17.9 Å². The molecule has 0 bridgehead atoms. The number of hydrogen-bond donors (Lipinski definition) is 0. The highest BCUT2D eigenvalue weighted by atomic mass is 35.5. The summed E-state index contributed by atoms with van der Waals surface area (Å²) in [5.41, 5.74) is 2.67. The minimum Gasteiger partial charge on any atom is -0.493 e. The summed E-state index contributed by atoms with van der Waals surface area (Å²) in [6, 6.07) is 20.4. The molecular weight excluding hydrogens is 434 g/mol. The summed E-state index contributed by atoms with van der Waals surface area (Å²) in [4.78, 5) is -0.389. The van der Waals surface area contributed by atoms with Crippen molar-refractivity contribution in [1.29, 1.82) is 5.26 Å². The van der Waals surface area contributed by atoms with Gasteiger partial charge < -0.3 is 9.47 Å². The van der Waals surface area contributed by atoms with E-state index in [4.69, 9.17) is 21.1 Å². The molecule has 158 valence electrons. The van der Waals surface area contributed by atoms with Crippen LogP contribution in [0.1, 0.15) is 16.7 Å². The lowest BCUT2D eigenvalue weighted by atomic mass is 10.1. The Hall–Kier alpha value is -3.27. The molecule has 0 spiro atoms. The van der Waals surface area contributed by atoms with Gasteiger partial charge in [0, 0.05) is 5.02 Å². The molecule has 0 aliphatic carbocycles. The van der Waals surface area contributed by atoms with Crippen LogP contribution in [0.25, 0.3) is 6.08 Å². The first kappa shape index (κ1) is 22.4. The molecule has 5 nitrogen and oxygen atoms in total. The van der Waals surface area contributed by atoms with Crippen molar-refractivity contribution in [3.8, 4) is 17.6 Å². The van der Waals surface area contributed by atoms with Gasteiger partial charge in [-0.3, -0.25) is 0 Å². The number of ether oxygens (including phenoxy) is 2. The van der Waals surface area contributed by atoms with Crippen LogP contribution in [0.2, 0.25) is 5.02 Å². The van der Waals surface area contributed by atoms with Crippen LogP contribution in [0.3, 0.4) is 0 Å². The summed E-state index contributed by atoms with van der Waals surface area (Å²) in [5.74, 6) is 0.946. The van der Waals surface area contributed by atoms with E-state index in [0.29, 0.717) is 28.7 Å². The van der Waals surface area contributed by atoms with E-state index >= 15 is 0 Å². The van der Waals surface area contributed by atoms with Gasteiger partial charge in [-0.05, 0) is 60.5 Å². The van der Waals surface area contributed by atoms with Crippen molar-refractivity contribution >= 4 is 27.5 Å². The molecule has 0 saturated heterocycles. The Morgan fingerprint density at radius 2 is 1.71 bits per heavy atom. The highest BCUT2D eigenvalue weighted by Gasteiger charge is 2.21. The van der Waals surface area contributed by atoms with Crippen molar-refractivity contribution in [2.75, 3.05) is 7.11 Å². The van der Waals surface area contributed by atoms with Crippen LogP contribution in [0.15, 0.2) is 76.5 Å².